The second kappa shape index (κ2) is 10.9. The lowest BCUT2D eigenvalue weighted by Gasteiger charge is -2.20. The first-order valence-corrected chi connectivity index (χ1v) is 11.9. The third kappa shape index (κ3) is 5.79. The first-order valence-electron chi connectivity index (χ1n) is 11.1. The molecule has 0 aliphatic heterocycles. The SMILES string of the molecule is CCCCC[C@H](O)c1ccc([C@H]2C(=O)CCC2CCCc2ccc(C(=O)O)s2)cc1. The zero-order chi connectivity index (χ0) is 21.5. The molecule has 2 aromatic rings. The van der Waals surface area contributed by atoms with Crippen molar-refractivity contribution in [3.8, 4) is 0 Å². The summed E-state index contributed by atoms with van der Waals surface area (Å²) in [5.74, 6) is -0.252. The van der Waals surface area contributed by atoms with Gasteiger partial charge in [0.2, 0.25) is 0 Å². The van der Waals surface area contributed by atoms with E-state index in [9.17, 15) is 14.7 Å². The molecule has 1 aliphatic rings. The lowest BCUT2D eigenvalue weighted by atomic mass is 9.84. The van der Waals surface area contributed by atoms with Crippen molar-refractivity contribution in [1.29, 1.82) is 0 Å². The number of Topliss-reactive ketones (excluding diaryl/α,β-unsaturated/α-hetero) is 1. The zero-order valence-corrected chi connectivity index (χ0v) is 18.5. The summed E-state index contributed by atoms with van der Waals surface area (Å²) in [5.41, 5.74) is 2.00. The van der Waals surface area contributed by atoms with E-state index >= 15 is 0 Å². The summed E-state index contributed by atoms with van der Waals surface area (Å²) in [4.78, 5) is 25.1. The van der Waals surface area contributed by atoms with Crippen LogP contribution < -0.4 is 0 Å². The Morgan fingerprint density at radius 1 is 1.13 bits per heavy atom. The van der Waals surface area contributed by atoms with Gasteiger partial charge in [-0.2, -0.15) is 0 Å². The quantitative estimate of drug-likeness (QED) is 0.421. The number of carboxylic acid groups (broad SMARTS) is 1. The normalized spacial score (nSPS) is 19.9. The van der Waals surface area contributed by atoms with Gasteiger partial charge in [-0.25, -0.2) is 4.79 Å². The number of aromatic carboxylic acids is 1. The van der Waals surface area contributed by atoms with E-state index in [-0.39, 0.29) is 5.92 Å². The van der Waals surface area contributed by atoms with Gasteiger partial charge in [0, 0.05) is 17.2 Å². The highest BCUT2D eigenvalue weighted by molar-refractivity contribution is 7.13. The Hall–Kier alpha value is -1.98. The summed E-state index contributed by atoms with van der Waals surface area (Å²) in [6.45, 7) is 2.16. The minimum absolute atomic E-state index is 0.0470. The van der Waals surface area contributed by atoms with Crippen LogP contribution in [-0.4, -0.2) is 22.0 Å². The van der Waals surface area contributed by atoms with Crippen LogP contribution in [0.15, 0.2) is 36.4 Å². The second-order valence-electron chi connectivity index (χ2n) is 8.38. The topological polar surface area (TPSA) is 74.6 Å². The molecule has 0 bridgehead atoms. The van der Waals surface area contributed by atoms with Gasteiger partial charge in [-0.15, -0.1) is 11.3 Å². The zero-order valence-electron chi connectivity index (χ0n) is 17.7. The van der Waals surface area contributed by atoms with Crippen molar-refractivity contribution in [3.05, 3.63) is 57.3 Å². The Morgan fingerprint density at radius 3 is 2.57 bits per heavy atom. The summed E-state index contributed by atoms with van der Waals surface area (Å²) in [6.07, 6.45) is 8.01. The minimum Gasteiger partial charge on any atom is -0.477 e. The fourth-order valence-electron chi connectivity index (χ4n) is 4.53. The molecular formula is C25H32O4S. The average Bonchev–Trinajstić information content (AvgIpc) is 3.35. The number of hydrogen-bond donors (Lipinski definition) is 2. The van der Waals surface area contributed by atoms with Gasteiger partial charge in [-0.05, 0) is 61.3 Å². The number of carbonyl (C=O) groups excluding carboxylic acids is 1. The molecule has 0 spiro atoms. The minimum atomic E-state index is -0.869. The average molecular weight is 429 g/mol. The van der Waals surface area contributed by atoms with Crippen molar-refractivity contribution in [2.24, 2.45) is 5.92 Å². The van der Waals surface area contributed by atoms with Gasteiger partial charge in [0.25, 0.3) is 0 Å². The molecule has 1 saturated carbocycles. The number of rotatable bonds is 11. The van der Waals surface area contributed by atoms with Crippen molar-refractivity contribution in [2.75, 3.05) is 0 Å². The monoisotopic (exact) mass is 428 g/mol. The molecule has 4 nitrogen and oxygen atoms in total. The molecule has 5 heteroatoms. The van der Waals surface area contributed by atoms with Crippen LogP contribution in [-0.2, 0) is 11.2 Å². The van der Waals surface area contributed by atoms with Gasteiger partial charge in [0.15, 0.2) is 0 Å². The number of thiophene rings is 1. The first-order chi connectivity index (χ1) is 14.5. The van der Waals surface area contributed by atoms with Crippen LogP contribution in [0.2, 0.25) is 0 Å². The molecule has 3 atom stereocenters. The van der Waals surface area contributed by atoms with E-state index in [1.54, 1.807) is 6.07 Å². The number of aliphatic hydroxyl groups excluding tert-OH is 1. The van der Waals surface area contributed by atoms with Crippen molar-refractivity contribution < 1.29 is 19.8 Å². The first kappa shape index (κ1) is 22.7. The molecule has 1 aromatic carbocycles. The van der Waals surface area contributed by atoms with E-state index in [4.69, 9.17) is 5.11 Å². The molecule has 1 aromatic heterocycles. The number of carbonyl (C=O) groups is 2. The number of aryl methyl sites for hydroxylation is 1. The third-order valence-corrected chi connectivity index (χ3v) is 7.34. The Bertz CT molecular complexity index is 839. The third-order valence-electron chi connectivity index (χ3n) is 6.21. The van der Waals surface area contributed by atoms with Gasteiger partial charge in [-0.1, -0.05) is 50.5 Å². The molecule has 30 heavy (non-hydrogen) atoms. The Labute approximate surface area is 183 Å². The Morgan fingerprint density at radius 2 is 1.90 bits per heavy atom. The van der Waals surface area contributed by atoms with Crippen LogP contribution in [0.1, 0.15) is 96.0 Å². The van der Waals surface area contributed by atoms with Gasteiger partial charge in [0.05, 0.1) is 6.10 Å². The summed E-state index contributed by atoms with van der Waals surface area (Å²) >= 11 is 1.34. The van der Waals surface area contributed by atoms with Crippen LogP contribution in [0.4, 0.5) is 0 Å². The largest absolute Gasteiger partial charge is 0.477 e. The van der Waals surface area contributed by atoms with E-state index < -0.39 is 12.1 Å². The number of carboxylic acids is 1. The van der Waals surface area contributed by atoms with Crippen LogP contribution in [0.25, 0.3) is 0 Å². The highest BCUT2D eigenvalue weighted by Crippen LogP contribution is 2.40. The number of hydrogen-bond acceptors (Lipinski definition) is 4. The van der Waals surface area contributed by atoms with E-state index in [1.165, 1.54) is 11.3 Å². The maximum atomic E-state index is 12.6. The van der Waals surface area contributed by atoms with Crippen LogP contribution >= 0.6 is 11.3 Å². The van der Waals surface area contributed by atoms with Crippen molar-refractivity contribution in [2.45, 2.75) is 76.7 Å². The lowest BCUT2D eigenvalue weighted by Crippen LogP contribution is -2.13. The molecule has 1 heterocycles. The second-order valence-corrected chi connectivity index (χ2v) is 9.55. The molecule has 0 amide bonds. The van der Waals surface area contributed by atoms with Gasteiger partial charge in [-0.3, -0.25) is 4.79 Å². The van der Waals surface area contributed by atoms with Crippen molar-refractivity contribution in [3.63, 3.8) is 0 Å². The molecule has 2 N–H and O–H groups in total. The molecule has 162 valence electrons. The number of unbranched alkanes of at least 4 members (excludes halogenated alkanes) is 2. The Balaban J connectivity index is 1.56. The number of aliphatic hydroxyl groups is 1. The van der Waals surface area contributed by atoms with E-state index in [0.717, 1.165) is 67.4 Å². The molecule has 0 radical (unpaired) electrons. The Kier molecular flexibility index (Phi) is 8.23. The molecule has 1 fully saturated rings. The predicted octanol–water partition coefficient (Wildman–Crippen LogP) is 6.15. The highest BCUT2D eigenvalue weighted by Gasteiger charge is 2.35. The van der Waals surface area contributed by atoms with Crippen molar-refractivity contribution >= 4 is 23.1 Å². The summed E-state index contributed by atoms with van der Waals surface area (Å²) in [7, 11) is 0. The standard InChI is InChI=1S/C25H32O4S/c1-2-3-4-8-21(26)17-9-11-19(12-10-17)24-18(13-15-22(24)27)6-5-7-20-14-16-23(30-20)25(28)29/h9-12,14,16,18,21,24,26H,2-8,13,15H2,1H3,(H,28,29)/t18?,21-,24-/m0/s1. The maximum Gasteiger partial charge on any atom is 0.345 e. The lowest BCUT2D eigenvalue weighted by molar-refractivity contribution is -0.119. The van der Waals surface area contributed by atoms with E-state index in [1.807, 2.05) is 30.3 Å². The summed E-state index contributed by atoms with van der Waals surface area (Å²) in [6, 6.07) is 11.6. The maximum absolute atomic E-state index is 12.6. The van der Waals surface area contributed by atoms with Gasteiger partial charge >= 0.3 is 5.97 Å². The van der Waals surface area contributed by atoms with E-state index in [0.29, 0.717) is 23.0 Å². The van der Waals surface area contributed by atoms with E-state index in [2.05, 4.69) is 6.92 Å². The van der Waals surface area contributed by atoms with Crippen molar-refractivity contribution in [1.82, 2.24) is 0 Å². The molecule has 0 saturated heterocycles. The predicted molar refractivity (Wildman–Crippen MR) is 120 cm³/mol. The number of ketones is 1. The van der Waals surface area contributed by atoms with Gasteiger partial charge < -0.3 is 10.2 Å². The van der Waals surface area contributed by atoms with Crippen LogP contribution in [0.5, 0.6) is 0 Å². The fraction of sp³-hybridized carbons (Fsp3) is 0.520. The smallest absolute Gasteiger partial charge is 0.345 e. The van der Waals surface area contributed by atoms with Crippen LogP contribution in [0.3, 0.4) is 0 Å². The highest BCUT2D eigenvalue weighted by atomic mass is 32.1. The molecule has 3 rings (SSSR count). The number of benzene rings is 1. The summed E-state index contributed by atoms with van der Waals surface area (Å²) < 4.78 is 0. The van der Waals surface area contributed by atoms with Crippen LogP contribution in [0, 0.1) is 5.92 Å². The summed E-state index contributed by atoms with van der Waals surface area (Å²) in [5, 5.41) is 19.4. The molecule has 1 aliphatic carbocycles. The molecular weight excluding hydrogens is 396 g/mol. The van der Waals surface area contributed by atoms with Gasteiger partial charge in [0.1, 0.15) is 10.7 Å². The fourth-order valence-corrected chi connectivity index (χ4v) is 5.42. The molecule has 1 unspecified atom stereocenters.